The van der Waals surface area contributed by atoms with E-state index in [-0.39, 0.29) is 5.91 Å². The van der Waals surface area contributed by atoms with Gasteiger partial charge in [0.25, 0.3) is 5.91 Å². The number of para-hydroxylation sites is 1. The van der Waals surface area contributed by atoms with Crippen molar-refractivity contribution in [3.8, 4) is 0 Å². The number of carbonyl (C=O) groups is 1. The zero-order chi connectivity index (χ0) is 20.7. The van der Waals surface area contributed by atoms with Gasteiger partial charge in [-0.25, -0.2) is 9.97 Å². The lowest BCUT2D eigenvalue weighted by Gasteiger charge is -2.21. The summed E-state index contributed by atoms with van der Waals surface area (Å²) < 4.78 is 5.01. The normalized spacial score (nSPS) is 11.1. The average Bonchev–Trinajstić information content (AvgIpc) is 2.64. The van der Waals surface area contributed by atoms with Crippen LogP contribution < -0.4 is 10.6 Å². The first-order chi connectivity index (χ1) is 13.3. The third-order valence-corrected chi connectivity index (χ3v) is 4.51. The first kappa shape index (κ1) is 21.8. The molecule has 0 bridgehead atoms. The van der Waals surface area contributed by atoms with Crippen LogP contribution in [-0.4, -0.2) is 36.1 Å². The van der Waals surface area contributed by atoms with Crippen LogP contribution in [0.25, 0.3) is 0 Å². The number of hydrogen-bond acceptors (Lipinski definition) is 5. The Kier molecular flexibility index (Phi) is 7.93. The number of hydrogen-bond donors (Lipinski definition) is 2. The standard InChI is InChI=1S/C22H32N4O2/c1-14(2)17-9-7-10-18(15(3)4)21(17)26-20-13-19(24-16(5)25-20)22(27)23-11-8-12-28-6/h7,9-10,13-15H,8,11-12H2,1-6H3,(H,23,27)(H,24,25,26). The molecule has 0 unspecified atom stereocenters. The predicted molar refractivity (Wildman–Crippen MR) is 113 cm³/mol. The topological polar surface area (TPSA) is 76.1 Å². The molecule has 6 nitrogen and oxygen atoms in total. The summed E-state index contributed by atoms with van der Waals surface area (Å²) in [5.41, 5.74) is 3.89. The Balaban J connectivity index is 2.30. The fourth-order valence-corrected chi connectivity index (χ4v) is 3.08. The van der Waals surface area contributed by atoms with Gasteiger partial charge in [0.15, 0.2) is 0 Å². The van der Waals surface area contributed by atoms with Crippen LogP contribution in [0.3, 0.4) is 0 Å². The molecule has 2 N–H and O–H groups in total. The smallest absolute Gasteiger partial charge is 0.270 e. The molecule has 1 heterocycles. The number of benzene rings is 1. The summed E-state index contributed by atoms with van der Waals surface area (Å²) in [5, 5.41) is 6.34. The van der Waals surface area contributed by atoms with Crippen LogP contribution >= 0.6 is 0 Å². The molecule has 1 amide bonds. The van der Waals surface area contributed by atoms with Crippen LogP contribution in [0.4, 0.5) is 11.5 Å². The van der Waals surface area contributed by atoms with Crippen LogP contribution in [0, 0.1) is 6.92 Å². The number of nitrogens with zero attached hydrogens (tertiary/aromatic N) is 2. The van der Waals surface area contributed by atoms with E-state index in [9.17, 15) is 4.79 Å². The lowest BCUT2D eigenvalue weighted by molar-refractivity contribution is 0.0943. The maximum Gasteiger partial charge on any atom is 0.270 e. The van der Waals surface area contributed by atoms with Gasteiger partial charge in [-0.1, -0.05) is 45.9 Å². The van der Waals surface area contributed by atoms with Gasteiger partial charge in [0.2, 0.25) is 0 Å². The van der Waals surface area contributed by atoms with Crippen molar-refractivity contribution < 1.29 is 9.53 Å². The highest BCUT2D eigenvalue weighted by Crippen LogP contribution is 2.34. The SMILES string of the molecule is COCCCNC(=O)c1cc(Nc2c(C(C)C)cccc2C(C)C)nc(C)n1. The van der Waals surface area contributed by atoms with Gasteiger partial charge in [-0.05, 0) is 36.3 Å². The number of anilines is 2. The van der Waals surface area contributed by atoms with Crippen LogP contribution in [0.1, 0.15) is 73.4 Å². The molecular formula is C22H32N4O2. The second-order valence-corrected chi connectivity index (χ2v) is 7.53. The van der Waals surface area contributed by atoms with Crippen LogP contribution in [0.2, 0.25) is 0 Å². The van der Waals surface area contributed by atoms with Gasteiger partial charge >= 0.3 is 0 Å². The number of aryl methyl sites for hydroxylation is 1. The Morgan fingerprint density at radius 1 is 1.11 bits per heavy atom. The number of carbonyl (C=O) groups excluding carboxylic acids is 1. The molecule has 2 rings (SSSR count). The largest absolute Gasteiger partial charge is 0.385 e. The van der Waals surface area contributed by atoms with E-state index in [4.69, 9.17) is 4.74 Å². The van der Waals surface area contributed by atoms with E-state index in [0.29, 0.717) is 42.3 Å². The molecule has 0 saturated carbocycles. The molecule has 28 heavy (non-hydrogen) atoms. The Bertz CT molecular complexity index is 777. The van der Waals surface area contributed by atoms with E-state index in [1.165, 1.54) is 11.1 Å². The molecule has 0 aliphatic heterocycles. The van der Waals surface area contributed by atoms with Gasteiger partial charge in [0, 0.05) is 32.0 Å². The highest BCUT2D eigenvalue weighted by Gasteiger charge is 2.16. The van der Waals surface area contributed by atoms with Crippen molar-refractivity contribution in [3.05, 3.63) is 46.9 Å². The lowest BCUT2D eigenvalue weighted by Crippen LogP contribution is -2.26. The highest BCUT2D eigenvalue weighted by molar-refractivity contribution is 5.93. The second kappa shape index (κ2) is 10.2. The van der Waals surface area contributed by atoms with E-state index < -0.39 is 0 Å². The predicted octanol–water partition coefficient (Wildman–Crippen LogP) is 4.54. The third kappa shape index (κ3) is 5.76. The molecular weight excluding hydrogens is 352 g/mol. The average molecular weight is 385 g/mol. The summed E-state index contributed by atoms with van der Waals surface area (Å²) in [7, 11) is 1.65. The summed E-state index contributed by atoms with van der Waals surface area (Å²) in [6.07, 6.45) is 0.761. The maximum absolute atomic E-state index is 12.4. The van der Waals surface area contributed by atoms with Gasteiger partial charge in [-0.15, -0.1) is 0 Å². The second-order valence-electron chi connectivity index (χ2n) is 7.53. The molecule has 2 aromatic rings. The van der Waals surface area contributed by atoms with Crippen molar-refractivity contribution in [1.82, 2.24) is 15.3 Å². The summed E-state index contributed by atoms with van der Waals surface area (Å²) in [5.74, 6) is 1.72. The van der Waals surface area contributed by atoms with Gasteiger partial charge in [-0.2, -0.15) is 0 Å². The van der Waals surface area contributed by atoms with Crippen molar-refractivity contribution in [2.45, 2.75) is 52.9 Å². The van der Waals surface area contributed by atoms with E-state index >= 15 is 0 Å². The van der Waals surface area contributed by atoms with Gasteiger partial charge in [-0.3, -0.25) is 4.79 Å². The number of aromatic nitrogens is 2. The Morgan fingerprint density at radius 3 is 2.32 bits per heavy atom. The monoisotopic (exact) mass is 384 g/mol. The summed E-state index contributed by atoms with van der Waals surface area (Å²) in [6, 6.07) is 8.08. The van der Waals surface area contributed by atoms with Crippen molar-refractivity contribution in [2.24, 2.45) is 0 Å². The minimum atomic E-state index is -0.203. The maximum atomic E-state index is 12.4. The Morgan fingerprint density at radius 2 is 1.75 bits per heavy atom. The van der Waals surface area contributed by atoms with Crippen molar-refractivity contribution in [3.63, 3.8) is 0 Å². The zero-order valence-electron chi connectivity index (χ0n) is 17.8. The van der Waals surface area contributed by atoms with E-state index in [1.807, 2.05) is 0 Å². The quantitative estimate of drug-likeness (QED) is 0.621. The molecule has 0 spiro atoms. The van der Waals surface area contributed by atoms with E-state index in [0.717, 1.165) is 12.1 Å². The van der Waals surface area contributed by atoms with Gasteiger partial charge in [0.05, 0.1) is 0 Å². The molecule has 0 fully saturated rings. The highest BCUT2D eigenvalue weighted by atomic mass is 16.5. The molecule has 0 saturated heterocycles. The van der Waals surface area contributed by atoms with Gasteiger partial charge < -0.3 is 15.4 Å². The van der Waals surface area contributed by atoms with Crippen LogP contribution in [0.5, 0.6) is 0 Å². The summed E-state index contributed by atoms with van der Waals surface area (Å²) in [6.45, 7) is 11.7. The Hall–Kier alpha value is -2.47. The number of amides is 1. The first-order valence-corrected chi connectivity index (χ1v) is 9.86. The fourth-order valence-electron chi connectivity index (χ4n) is 3.08. The molecule has 1 aromatic heterocycles. The molecule has 0 radical (unpaired) electrons. The molecule has 0 atom stereocenters. The fraction of sp³-hybridized carbons (Fsp3) is 0.500. The molecule has 0 aliphatic rings. The van der Waals surface area contributed by atoms with Crippen molar-refractivity contribution >= 4 is 17.4 Å². The summed E-state index contributed by atoms with van der Waals surface area (Å²) >= 11 is 0. The van der Waals surface area contributed by atoms with Crippen molar-refractivity contribution in [1.29, 1.82) is 0 Å². The molecule has 0 aliphatic carbocycles. The Labute approximate surface area is 168 Å². The minimum Gasteiger partial charge on any atom is -0.385 e. The zero-order valence-corrected chi connectivity index (χ0v) is 17.8. The van der Waals surface area contributed by atoms with Gasteiger partial charge in [0.1, 0.15) is 17.3 Å². The van der Waals surface area contributed by atoms with E-state index in [2.05, 4.69) is 66.5 Å². The van der Waals surface area contributed by atoms with Crippen molar-refractivity contribution in [2.75, 3.05) is 25.6 Å². The molecule has 6 heteroatoms. The molecule has 1 aromatic carbocycles. The summed E-state index contributed by atoms with van der Waals surface area (Å²) in [4.78, 5) is 21.2. The minimum absolute atomic E-state index is 0.203. The first-order valence-electron chi connectivity index (χ1n) is 9.86. The number of ether oxygens (including phenoxy) is 1. The number of methoxy groups -OCH3 is 1. The lowest BCUT2D eigenvalue weighted by atomic mass is 9.92. The van der Waals surface area contributed by atoms with Crippen LogP contribution in [-0.2, 0) is 4.74 Å². The number of nitrogens with one attached hydrogen (secondary N) is 2. The molecule has 152 valence electrons. The number of rotatable bonds is 9. The third-order valence-electron chi connectivity index (χ3n) is 4.51. The van der Waals surface area contributed by atoms with Crippen LogP contribution in [0.15, 0.2) is 24.3 Å². The van der Waals surface area contributed by atoms with E-state index in [1.54, 1.807) is 20.1 Å².